The summed E-state index contributed by atoms with van der Waals surface area (Å²) < 4.78 is 41.3. The maximum atomic E-state index is 13.9. The van der Waals surface area contributed by atoms with E-state index in [0.29, 0.717) is 15.7 Å². The highest BCUT2D eigenvalue weighted by molar-refractivity contribution is 9.10. The van der Waals surface area contributed by atoms with Crippen LogP contribution in [0.5, 0.6) is 0 Å². The summed E-state index contributed by atoms with van der Waals surface area (Å²) in [7, 11) is -4.04. The molecule has 0 aliphatic rings. The summed E-state index contributed by atoms with van der Waals surface area (Å²) in [6.07, 6.45) is 0. The Balaban J connectivity index is 2.41. The Labute approximate surface area is 130 Å². The van der Waals surface area contributed by atoms with Gasteiger partial charge in [-0.2, -0.15) is 0 Å². The molecule has 0 fully saturated rings. The van der Waals surface area contributed by atoms with Crippen molar-refractivity contribution < 1.29 is 17.9 Å². The number of rotatable bonds is 4. The quantitative estimate of drug-likeness (QED) is 0.864. The van der Waals surface area contributed by atoms with Crippen LogP contribution in [0.4, 0.5) is 10.1 Å². The van der Waals surface area contributed by atoms with E-state index in [1.165, 1.54) is 6.07 Å². The van der Waals surface area contributed by atoms with Gasteiger partial charge >= 0.3 is 0 Å². The molecule has 7 heteroatoms. The highest BCUT2D eigenvalue weighted by atomic mass is 79.9. The van der Waals surface area contributed by atoms with Gasteiger partial charge in [0.25, 0.3) is 10.0 Å². The molecule has 0 spiro atoms. The lowest BCUT2D eigenvalue weighted by atomic mass is 10.2. The van der Waals surface area contributed by atoms with Gasteiger partial charge in [0, 0.05) is 4.47 Å². The predicted molar refractivity (Wildman–Crippen MR) is 82.0 cm³/mol. The third-order valence-corrected chi connectivity index (χ3v) is 4.92. The van der Waals surface area contributed by atoms with Crippen molar-refractivity contribution >= 4 is 31.6 Å². The third-order valence-electron chi connectivity index (χ3n) is 2.83. The number of aliphatic hydroxyl groups is 1. The molecule has 4 nitrogen and oxygen atoms in total. The van der Waals surface area contributed by atoms with Crippen molar-refractivity contribution in [2.45, 2.75) is 18.4 Å². The van der Waals surface area contributed by atoms with Gasteiger partial charge in [-0.3, -0.25) is 4.72 Å². The van der Waals surface area contributed by atoms with E-state index in [2.05, 4.69) is 20.7 Å². The highest BCUT2D eigenvalue weighted by Gasteiger charge is 2.20. The van der Waals surface area contributed by atoms with E-state index in [1.807, 2.05) is 13.0 Å². The summed E-state index contributed by atoms with van der Waals surface area (Å²) in [6.45, 7) is 1.47. The first-order valence-corrected chi connectivity index (χ1v) is 8.29. The van der Waals surface area contributed by atoms with Crippen LogP contribution in [0.15, 0.2) is 45.8 Å². The molecular weight excluding hydrogens is 361 g/mol. The zero-order valence-corrected chi connectivity index (χ0v) is 13.5. The predicted octanol–water partition coefficient (Wildman–Crippen LogP) is 3.19. The van der Waals surface area contributed by atoms with E-state index in [4.69, 9.17) is 5.11 Å². The Morgan fingerprint density at radius 2 is 1.95 bits per heavy atom. The van der Waals surface area contributed by atoms with E-state index >= 15 is 0 Å². The Kier molecular flexibility index (Phi) is 4.65. The molecule has 2 aromatic carbocycles. The molecule has 0 radical (unpaired) electrons. The normalized spacial score (nSPS) is 11.4. The topological polar surface area (TPSA) is 66.4 Å². The Morgan fingerprint density at radius 3 is 2.57 bits per heavy atom. The summed E-state index contributed by atoms with van der Waals surface area (Å²) >= 11 is 3.24. The molecule has 0 amide bonds. The first-order valence-electron chi connectivity index (χ1n) is 6.02. The lowest BCUT2D eigenvalue weighted by Gasteiger charge is -2.11. The van der Waals surface area contributed by atoms with Gasteiger partial charge in [0.1, 0.15) is 10.7 Å². The van der Waals surface area contributed by atoms with Crippen molar-refractivity contribution in [3.63, 3.8) is 0 Å². The van der Waals surface area contributed by atoms with Crippen LogP contribution in [0, 0.1) is 12.7 Å². The summed E-state index contributed by atoms with van der Waals surface area (Å²) in [6, 6.07) is 8.66. The van der Waals surface area contributed by atoms with Crippen LogP contribution in [0.2, 0.25) is 0 Å². The third kappa shape index (κ3) is 3.61. The van der Waals surface area contributed by atoms with Gasteiger partial charge in [-0.1, -0.05) is 12.1 Å². The average Bonchev–Trinajstić information content (AvgIpc) is 2.42. The number of hydrogen-bond donors (Lipinski definition) is 2. The van der Waals surface area contributed by atoms with E-state index in [0.717, 1.165) is 17.7 Å². The fourth-order valence-electron chi connectivity index (χ4n) is 1.78. The van der Waals surface area contributed by atoms with Crippen molar-refractivity contribution in [2.24, 2.45) is 0 Å². The smallest absolute Gasteiger partial charge is 0.264 e. The number of halogens is 2. The minimum Gasteiger partial charge on any atom is -0.392 e. The standard InChI is InChI=1S/C14H13BrFNO3S/c1-9-2-4-11(15)13(6-9)17-21(19,20)14-5-3-10(8-18)7-12(14)16/h2-7,17-18H,8H2,1H3. The molecule has 0 aromatic heterocycles. The lowest BCUT2D eigenvalue weighted by molar-refractivity contribution is 0.281. The van der Waals surface area contributed by atoms with Crippen LogP contribution in [0.25, 0.3) is 0 Å². The van der Waals surface area contributed by atoms with Crippen LogP contribution >= 0.6 is 15.9 Å². The van der Waals surface area contributed by atoms with Crippen LogP contribution in [0.1, 0.15) is 11.1 Å². The zero-order chi connectivity index (χ0) is 15.6. The van der Waals surface area contributed by atoms with Crippen LogP contribution in [-0.4, -0.2) is 13.5 Å². The van der Waals surface area contributed by atoms with E-state index in [1.54, 1.807) is 12.1 Å². The lowest BCUT2D eigenvalue weighted by Crippen LogP contribution is -2.15. The molecule has 0 unspecified atom stereocenters. The van der Waals surface area contributed by atoms with Gasteiger partial charge in [0.2, 0.25) is 0 Å². The van der Waals surface area contributed by atoms with Crippen molar-refractivity contribution in [2.75, 3.05) is 4.72 Å². The fraction of sp³-hybridized carbons (Fsp3) is 0.143. The van der Waals surface area contributed by atoms with E-state index in [9.17, 15) is 12.8 Å². The number of aryl methyl sites for hydroxylation is 1. The number of sulfonamides is 1. The van der Waals surface area contributed by atoms with Crippen LogP contribution in [-0.2, 0) is 16.6 Å². The second-order valence-corrected chi connectivity index (χ2v) is 7.02. The first-order chi connectivity index (χ1) is 9.83. The fourth-order valence-corrected chi connectivity index (χ4v) is 3.39. The molecule has 0 atom stereocenters. The molecule has 2 aromatic rings. The van der Waals surface area contributed by atoms with Gasteiger partial charge < -0.3 is 5.11 Å². The van der Waals surface area contributed by atoms with E-state index in [-0.39, 0.29) is 6.61 Å². The molecule has 0 bridgehead atoms. The highest BCUT2D eigenvalue weighted by Crippen LogP contribution is 2.27. The van der Waals surface area contributed by atoms with Gasteiger partial charge in [0.05, 0.1) is 12.3 Å². The SMILES string of the molecule is Cc1ccc(Br)c(NS(=O)(=O)c2ccc(CO)cc2F)c1. The molecule has 0 saturated heterocycles. The summed E-state index contributed by atoms with van der Waals surface area (Å²) in [5, 5.41) is 8.92. The maximum Gasteiger partial charge on any atom is 0.264 e. The molecule has 0 aliphatic heterocycles. The monoisotopic (exact) mass is 373 g/mol. The van der Waals surface area contributed by atoms with Gasteiger partial charge in [-0.15, -0.1) is 0 Å². The zero-order valence-electron chi connectivity index (χ0n) is 11.1. The summed E-state index contributed by atoms with van der Waals surface area (Å²) in [5.41, 5.74) is 1.51. The van der Waals surface area contributed by atoms with Crippen molar-refractivity contribution in [1.82, 2.24) is 0 Å². The first kappa shape index (κ1) is 15.9. The molecule has 2 rings (SSSR count). The summed E-state index contributed by atoms with van der Waals surface area (Å²) in [5.74, 6) is -0.905. The molecule has 21 heavy (non-hydrogen) atoms. The second-order valence-electron chi connectivity index (χ2n) is 4.51. The van der Waals surface area contributed by atoms with Crippen molar-refractivity contribution in [1.29, 1.82) is 0 Å². The largest absolute Gasteiger partial charge is 0.392 e. The average molecular weight is 374 g/mol. The number of anilines is 1. The van der Waals surface area contributed by atoms with Gasteiger partial charge in [0.15, 0.2) is 0 Å². The molecule has 0 aliphatic carbocycles. The van der Waals surface area contributed by atoms with Crippen LogP contribution in [0.3, 0.4) is 0 Å². The Bertz CT molecular complexity index is 778. The minimum absolute atomic E-state index is 0.309. The second kappa shape index (κ2) is 6.13. The number of hydrogen-bond acceptors (Lipinski definition) is 3. The molecular formula is C14H13BrFNO3S. The Morgan fingerprint density at radius 1 is 1.24 bits per heavy atom. The molecule has 0 saturated carbocycles. The van der Waals surface area contributed by atoms with Gasteiger partial charge in [-0.05, 0) is 58.2 Å². The molecule has 112 valence electrons. The Hall–Kier alpha value is -1.44. The van der Waals surface area contributed by atoms with E-state index < -0.39 is 20.7 Å². The maximum absolute atomic E-state index is 13.9. The van der Waals surface area contributed by atoms with Crippen molar-refractivity contribution in [3.05, 3.63) is 57.8 Å². The minimum atomic E-state index is -4.04. The van der Waals surface area contributed by atoms with Crippen molar-refractivity contribution in [3.8, 4) is 0 Å². The number of nitrogens with one attached hydrogen (secondary N) is 1. The summed E-state index contributed by atoms with van der Waals surface area (Å²) in [4.78, 5) is -0.465. The van der Waals surface area contributed by atoms with Crippen LogP contribution < -0.4 is 4.72 Å². The van der Waals surface area contributed by atoms with Gasteiger partial charge in [-0.25, -0.2) is 12.8 Å². The number of aliphatic hydroxyl groups excluding tert-OH is 1. The molecule has 2 N–H and O–H groups in total. The number of benzene rings is 2. The molecule has 0 heterocycles.